The van der Waals surface area contributed by atoms with Crippen molar-refractivity contribution in [3.8, 4) is 0 Å². The molecule has 1 aromatic carbocycles. The second-order valence-corrected chi connectivity index (χ2v) is 6.69. The van der Waals surface area contributed by atoms with Gasteiger partial charge in [0.05, 0.1) is 0 Å². The molecule has 0 amide bonds. The Balaban J connectivity index is 1.69. The molecule has 0 radical (unpaired) electrons. The zero-order valence-corrected chi connectivity index (χ0v) is 12.8. The maximum absolute atomic E-state index is 3.62. The molecule has 0 spiro atoms. The molecule has 20 heavy (non-hydrogen) atoms. The monoisotopic (exact) mass is 286 g/mol. The van der Waals surface area contributed by atoms with Crippen LogP contribution < -0.4 is 5.32 Å². The molecule has 106 valence electrons. The molecule has 1 aromatic heterocycles. The van der Waals surface area contributed by atoms with E-state index in [-0.39, 0.29) is 0 Å². The highest BCUT2D eigenvalue weighted by Crippen LogP contribution is 2.19. The maximum atomic E-state index is 3.62. The van der Waals surface area contributed by atoms with Gasteiger partial charge in [-0.1, -0.05) is 36.4 Å². The van der Waals surface area contributed by atoms with Crippen molar-refractivity contribution in [3.05, 3.63) is 58.3 Å². The van der Waals surface area contributed by atoms with Gasteiger partial charge in [0.2, 0.25) is 0 Å². The van der Waals surface area contributed by atoms with Crippen LogP contribution in [0.2, 0.25) is 0 Å². The fraction of sp³-hybridized carbons (Fsp3) is 0.412. The van der Waals surface area contributed by atoms with Gasteiger partial charge in [-0.2, -0.15) is 0 Å². The van der Waals surface area contributed by atoms with E-state index in [0.29, 0.717) is 12.1 Å². The number of piperazine rings is 1. The Hall–Kier alpha value is -1.16. The summed E-state index contributed by atoms with van der Waals surface area (Å²) in [7, 11) is 0. The number of hydrogen-bond donors (Lipinski definition) is 1. The summed E-state index contributed by atoms with van der Waals surface area (Å²) in [5, 5.41) is 5.80. The molecule has 0 bridgehead atoms. The minimum Gasteiger partial charge on any atom is -0.311 e. The minimum atomic E-state index is 0.585. The first kappa shape index (κ1) is 13.8. The van der Waals surface area contributed by atoms with E-state index in [1.807, 2.05) is 11.3 Å². The topological polar surface area (TPSA) is 15.3 Å². The predicted molar refractivity (Wildman–Crippen MR) is 86.1 cm³/mol. The summed E-state index contributed by atoms with van der Waals surface area (Å²) in [5.41, 5.74) is 1.44. The first-order valence-corrected chi connectivity index (χ1v) is 8.23. The zero-order valence-electron chi connectivity index (χ0n) is 12.0. The Morgan fingerprint density at radius 2 is 2.05 bits per heavy atom. The molecule has 0 aliphatic carbocycles. The molecule has 2 aromatic rings. The summed E-state index contributed by atoms with van der Waals surface area (Å²) >= 11 is 1.86. The number of nitrogens with zero attached hydrogens (tertiary/aromatic N) is 1. The van der Waals surface area contributed by atoms with E-state index < -0.39 is 0 Å². The van der Waals surface area contributed by atoms with E-state index in [0.717, 1.165) is 26.1 Å². The van der Waals surface area contributed by atoms with Crippen LogP contribution in [0.3, 0.4) is 0 Å². The number of rotatable bonds is 4. The van der Waals surface area contributed by atoms with Gasteiger partial charge in [0.25, 0.3) is 0 Å². The number of benzene rings is 1. The summed E-state index contributed by atoms with van der Waals surface area (Å²) < 4.78 is 0. The first-order valence-electron chi connectivity index (χ1n) is 7.35. The highest BCUT2D eigenvalue weighted by atomic mass is 32.1. The molecule has 0 saturated carbocycles. The van der Waals surface area contributed by atoms with Crippen molar-refractivity contribution in [2.24, 2.45) is 0 Å². The minimum absolute atomic E-state index is 0.585. The molecular weight excluding hydrogens is 264 g/mol. The van der Waals surface area contributed by atoms with Crippen LogP contribution in [-0.4, -0.2) is 30.1 Å². The van der Waals surface area contributed by atoms with Gasteiger partial charge in [-0.25, -0.2) is 0 Å². The molecule has 3 rings (SSSR count). The lowest BCUT2D eigenvalue weighted by atomic mass is 10.0. The van der Waals surface area contributed by atoms with Crippen LogP contribution in [0.4, 0.5) is 0 Å². The summed E-state index contributed by atoms with van der Waals surface area (Å²) in [6.07, 6.45) is 1.13. The molecule has 2 nitrogen and oxygen atoms in total. The second-order valence-electron chi connectivity index (χ2n) is 5.66. The lowest BCUT2D eigenvalue weighted by Crippen LogP contribution is -2.55. The number of nitrogens with one attached hydrogen (secondary N) is 1. The van der Waals surface area contributed by atoms with Crippen molar-refractivity contribution >= 4 is 11.3 Å². The van der Waals surface area contributed by atoms with Crippen LogP contribution in [-0.2, 0) is 13.0 Å². The maximum Gasteiger partial charge on any atom is 0.0332 e. The van der Waals surface area contributed by atoms with Crippen LogP contribution >= 0.6 is 11.3 Å². The van der Waals surface area contributed by atoms with Crippen molar-refractivity contribution < 1.29 is 0 Å². The average molecular weight is 286 g/mol. The molecule has 1 aliphatic heterocycles. The van der Waals surface area contributed by atoms with Gasteiger partial charge < -0.3 is 5.32 Å². The van der Waals surface area contributed by atoms with E-state index >= 15 is 0 Å². The molecule has 3 heteroatoms. The average Bonchev–Trinajstić information content (AvgIpc) is 2.96. The molecule has 2 heterocycles. The van der Waals surface area contributed by atoms with Crippen molar-refractivity contribution in [1.82, 2.24) is 10.2 Å². The lowest BCUT2D eigenvalue weighted by Gasteiger charge is -2.39. The van der Waals surface area contributed by atoms with Crippen LogP contribution in [0.15, 0.2) is 47.8 Å². The third-order valence-electron chi connectivity index (χ3n) is 3.98. The van der Waals surface area contributed by atoms with Crippen molar-refractivity contribution in [2.45, 2.75) is 32.0 Å². The van der Waals surface area contributed by atoms with E-state index in [4.69, 9.17) is 0 Å². The van der Waals surface area contributed by atoms with Crippen molar-refractivity contribution in [1.29, 1.82) is 0 Å². The summed E-state index contributed by atoms with van der Waals surface area (Å²) in [6, 6.07) is 16.4. The van der Waals surface area contributed by atoms with Crippen molar-refractivity contribution in [2.75, 3.05) is 13.1 Å². The van der Waals surface area contributed by atoms with Gasteiger partial charge in [0.1, 0.15) is 0 Å². The normalized spacial score (nSPS) is 23.9. The zero-order chi connectivity index (χ0) is 13.8. The Bertz CT molecular complexity index is 509. The van der Waals surface area contributed by atoms with Gasteiger partial charge in [0.15, 0.2) is 0 Å². The Morgan fingerprint density at radius 1 is 1.20 bits per heavy atom. The molecule has 1 fully saturated rings. The number of hydrogen-bond acceptors (Lipinski definition) is 3. The standard InChI is InChI=1S/C17H22N2S/c1-14-12-19(13-17-8-5-9-20-17)16(11-18-14)10-15-6-3-2-4-7-15/h2-9,14,16,18H,10-13H2,1H3. The molecule has 1 N–H and O–H groups in total. The largest absolute Gasteiger partial charge is 0.311 e. The summed E-state index contributed by atoms with van der Waals surface area (Å²) in [6.45, 7) is 5.58. The Labute approximate surface area is 125 Å². The molecule has 2 unspecified atom stereocenters. The quantitative estimate of drug-likeness (QED) is 0.929. The van der Waals surface area contributed by atoms with Gasteiger partial charge in [-0.05, 0) is 30.4 Å². The first-order chi connectivity index (χ1) is 9.81. The summed E-state index contributed by atoms with van der Waals surface area (Å²) in [5.74, 6) is 0. The highest BCUT2D eigenvalue weighted by molar-refractivity contribution is 7.09. The molecule has 1 aliphatic rings. The predicted octanol–water partition coefficient (Wildman–Crippen LogP) is 3.15. The van der Waals surface area contributed by atoms with Gasteiger partial charge >= 0.3 is 0 Å². The summed E-state index contributed by atoms with van der Waals surface area (Å²) in [4.78, 5) is 4.11. The van der Waals surface area contributed by atoms with E-state index in [2.05, 4.69) is 65.0 Å². The fourth-order valence-electron chi connectivity index (χ4n) is 2.92. The third-order valence-corrected chi connectivity index (χ3v) is 4.84. The van der Waals surface area contributed by atoms with E-state index in [1.54, 1.807) is 0 Å². The SMILES string of the molecule is CC1CN(Cc2cccs2)C(Cc2ccccc2)CN1. The molecule has 2 atom stereocenters. The highest BCUT2D eigenvalue weighted by Gasteiger charge is 2.26. The van der Waals surface area contributed by atoms with Crippen LogP contribution in [0.25, 0.3) is 0 Å². The van der Waals surface area contributed by atoms with Crippen molar-refractivity contribution in [3.63, 3.8) is 0 Å². The van der Waals surface area contributed by atoms with Gasteiger partial charge in [-0.3, -0.25) is 4.90 Å². The molecule has 1 saturated heterocycles. The Morgan fingerprint density at radius 3 is 2.80 bits per heavy atom. The molecular formula is C17H22N2S. The van der Waals surface area contributed by atoms with Gasteiger partial charge in [-0.15, -0.1) is 11.3 Å². The van der Waals surface area contributed by atoms with E-state index in [9.17, 15) is 0 Å². The third kappa shape index (κ3) is 3.48. The van der Waals surface area contributed by atoms with Gasteiger partial charge in [0, 0.05) is 36.6 Å². The Kier molecular flexibility index (Phi) is 4.51. The second kappa shape index (κ2) is 6.53. The van der Waals surface area contributed by atoms with E-state index in [1.165, 1.54) is 10.4 Å². The smallest absolute Gasteiger partial charge is 0.0332 e. The van der Waals surface area contributed by atoms with Crippen LogP contribution in [0.1, 0.15) is 17.4 Å². The van der Waals surface area contributed by atoms with Crippen LogP contribution in [0, 0.1) is 0 Å². The van der Waals surface area contributed by atoms with Crippen LogP contribution in [0.5, 0.6) is 0 Å². The lowest BCUT2D eigenvalue weighted by molar-refractivity contribution is 0.128. The number of thiophene rings is 1. The fourth-order valence-corrected chi connectivity index (χ4v) is 3.64.